The first-order valence-corrected chi connectivity index (χ1v) is 9.50. The maximum Gasteiger partial charge on any atom is 0.387 e. The van der Waals surface area contributed by atoms with E-state index in [1.54, 1.807) is 7.05 Å². The minimum absolute atomic E-state index is 0.0370. The van der Waals surface area contributed by atoms with Crippen molar-refractivity contribution in [2.45, 2.75) is 52.2 Å². The molecule has 29 heavy (non-hydrogen) atoms. The van der Waals surface area contributed by atoms with Gasteiger partial charge in [-0.25, -0.2) is 4.39 Å². The number of rotatable bonds is 7. The van der Waals surface area contributed by atoms with Gasteiger partial charge in [-0.1, -0.05) is 6.42 Å². The van der Waals surface area contributed by atoms with E-state index in [9.17, 15) is 22.8 Å². The Hall–Kier alpha value is -2.29. The van der Waals surface area contributed by atoms with Crippen LogP contribution in [0.25, 0.3) is 0 Å². The van der Waals surface area contributed by atoms with E-state index in [-0.39, 0.29) is 17.0 Å². The summed E-state index contributed by atoms with van der Waals surface area (Å²) >= 11 is 0. The molecule has 3 N–H and O–H groups in total. The normalized spacial score (nSPS) is 13.8. The molecule has 6 nitrogen and oxygen atoms in total. The standard InChI is InChI=1S/C13H14F3NO2.C7H16N2O/c14-10-5-4-9(6-11(10)19-13(15)16)12(18)17-7-8-2-1-3-8;1-7(2,3)9-6(10)5-8-4/h4-6,8,13H,1-3,7H2,(H,17,18);8H,5H2,1-4H3,(H,9,10). The Balaban J connectivity index is 0.000000359. The van der Waals surface area contributed by atoms with Gasteiger partial charge in [0.25, 0.3) is 5.91 Å². The molecule has 1 aliphatic rings. The van der Waals surface area contributed by atoms with E-state index in [2.05, 4.69) is 20.7 Å². The summed E-state index contributed by atoms with van der Waals surface area (Å²) in [5.74, 6) is -1.43. The van der Waals surface area contributed by atoms with Gasteiger partial charge in [0.05, 0.1) is 6.54 Å². The van der Waals surface area contributed by atoms with Crippen molar-refractivity contribution < 1.29 is 27.5 Å². The third kappa shape index (κ3) is 10.2. The first kappa shape index (κ1) is 24.7. The second kappa shape index (κ2) is 11.6. The predicted molar refractivity (Wildman–Crippen MR) is 105 cm³/mol. The van der Waals surface area contributed by atoms with Gasteiger partial charge in [-0.05, 0) is 64.8 Å². The summed E-state index contributed by atoms with van der Waals surface area (Å²) in [4.78, 5) is 22.6. The van der Waals surface area contributed by atoms with E-state index in [0.717, 1.165) is 25.0 Å². The molecule has 0 bridgehead atoms. The highest BCUT2D eigenvalue weighted by Gasteiger charge is 2.19. The van der Waals surface area contributed by atoms with Gasteiger partial charge in [-0.15, -0.1) is 0 Å². The van der Waals surface area contributed by atoms with Crippen molar-refractivity contribution in [3.05, 3.63) is 29.6 Å². The molecule has 0 unspecified atom stereocenters. The lowest BCUT2D eigenvalue weighted by molar-refractivity contribution is -0.121. The Labute approximate surface area is 169 Å². The van der Waals surface area contributed by atoms with E-state index < -0.39 is 24.1 Å². The smallest absolute Gasteiger partial charge is 0.387 e. The summed E-state index contributed by atoms with van der Waals surface area (Å²) in [5.41, 5.74) is -0.00938. The van der Waals surface area contributed by atoms with E-state index >= 15 is 0 Å². The van der Waals surface area contributed by atoms with Crippen molar-refractivity contribution in [1.82, 2.24) is 16.0 Å². The minimum atomic E-state index is -3.12. The predicted octanol–water partition coefficient (Wildman–Crippen LogP) is 3.08. The molecule has 0 radical (unpaired) electrons. The summed E-state index contributed by atoms with van der Waals surface area (Å²) in [6, 6.07) is 3.16. The lowest BCUT2D eigenvalue weighted by Crippen LogP contribution is -2.44. The van der Waals surface area contributed by atoms with Crippen LogP contribution in [0.4, 0.5) is 13.2 Å². The number of hydrogen-bond donors (Lipinski definition) is 3. The van der Waals surface area contributed by atoms with Crippen LogP contribution in [0.1, 0.15) is 50.4 Å². The van der Waals surface area contributed by atoms with Gasteiger partial charge < -0.3 is 20.7 Å². The highest BCUT2D eigenvalue weighted by molar-refractivity contribution is 5.94. The lowest BCUT2D eigenvalue weighted by Gasteiger charge is -2.25. The SMILES string of the molecule is CNCC(=O)NC(C)(C)C.O=C(NCC1CCC1)c1ccc(F)c(OC(F)F)c1. The van der Waals surface area contributed by atoms with Crippen LogP contribution < -0.4 is 20.7 Å². The van der Waals surface area contributed by atoms with Crippen LogP contribution in [0.3, 0.4) is 0 Å². The third-order valence-electron chi connectivity index (χ3n) is 4.04. The van der Waals surface area contributed by atoms with E-state index in [1.165, 1.54) is 12.5 Å². The van der Waals surface area contributed by atoms with Gasteiger partial charge in [0, 0.05) is 17.6 Å². The number of hydrogen-bond acceptors (Lipinski definition) is 4. The van der Waals surface area contributed by atoms with E-state index in [0.29, 0.717) is 19.0 Å². The molecule has 0 saturated heterocycles. The van der Waals surface area contributed by atoms with Crippen LogP contribution in [0.15, 0.2) is 18.2 Å². The average Bonchev–Trinajstić information content (AvgIpc) is 2.54. The first-order valence-electron chi connectivity index (χ1n) is 9.50. The van der Waals surface area contributed by atoms with E-state index in [4.69, 9.17) is 0 Å². The number of carbonyl (C=O) groups is 2. The second-order valence-corrected chi connectivity index (χ2v) is 7.86. The van der Waals surface area contributed by atoms with Gasteiger partial charge >= 0.3 is 6.61 Å². The van der Waals surface area contributed by atoms with Crippen LogP contribution >= 0.6 is 0 Å². The number of amides is 2. The monoisotopic (exact) mass is 417 g/mol. The Kier molecular flexibility index (Phi) is 9.94. The lowest BCUT2D eigenvalue weighted by atomic mass is 9.85. The van der Waals surface area contributed by atoms with Gasteiger partial charge in [-0.2, -0.15) is 8.78 Å². The molecule has 1 aromatic carbocycles. The van der Waals surface area contributed by atoms with Crippen molar-refractivity contribution >= 4 is 11.8 Å². The molecular weight excluding hydrogens is 387 g/mol. The number of benzene rings is 1. The van der Waals surface area contributed by atoms with Gasteiger partial charge in [0.1, 0.15) is 0 Å². The molecule has 0 aromatic heterocycles. The number of nitrogens with one attached hydrogen (secondary N) is 3. The zero-order valence-corrected chi connectivity index (χ0v) is 17.3. The average molecular weight is 417 g/mol. The van der Waals surface area contributed by atoms with Crippen molar-refractivity contribution in [1.29, 1.82) is 0 Å². The Bertz CT molecular complexity index is 675. The molecule has 1 aromatic rings. The number of ether oxygens (including phenoxy) is 1. The second-order valence-electron chi connectivity index (χ2n) is 7.86. The molecular formula is C20H30F3N3O3. The largest absolute Gasteiger partial charge is 0.432 e. The Morgan fingerprint density at radius 2 is 1.90 bits per heavy atom. The quantitative estimate of drug-likeness (QED) is 0.637. The molecule has 9 heteroatoms. The van der Waals surface area contributed by atoms with Gasteiger partial charge in [0.15, 0.2) is 11.6 Å². The zero-order chi connectivity index (χ0) is 22.0. The van der Waals surface area contributed by atoms with Crippen molar-refractivity contribution in [2.75, 3.05) is 20.1 Å². The molecule has 0 heterocycles. The van der Waals surface area contributed by atoms with Crippen molar-refractivity contribution in [2.24, 2.45) is 5.92 Å². The van der Waals surface area contributed by atoms with Gasteiger partial charge in [-0.3, -0.25) is 9.59 Å². The molecule has 1 saturated carbocycles. The third-order valence-corrected chi connectivity index (χ3v) is 4.04. The highest BCUT2D eigenvalue weighted by Crippen LogP contribution is 2.25. The number of halogens is 3. The molecule has 0 atom stereocenters. The summed E-state index contributed by atoms with van der Waals surface area (Å²) < 4.78 is 41.3. The molecule has 1 fully saturated rings. The van der Waals surface area contributed by atoms with Crippen LogP contribution in [-0.4, -0.2) is 44.1 Å². The zero-order valence-electron chi connectivity index (χ0n) is 17.3. The summed E-state index contributed by atoms with van der Waals surface area (Å²) in [7, 11) is 1.75. The fourth-order valence-electron chi connectivity index (χ4n) is 2.49. The summed E-state index contributed by atoms with van der Waals surface area (Å²) in [6.07, 6.45) is 3.34. The van der Waals surface area contributed by atoms with Crippen LogP contribution in [0.5, 0.6) is 5.75 Å². The molecule has 0 aliphatic heterocycles. The highest BCUT2D eigenvalue weighted by atomic mass is 19.3. The summed E-state index contributed by atoms with van der Waals surface area (Å²) in [5, 5.41) is 8.29. The van der Waals surface area contributed by atoms with Crippen LogP contribution in [-0.2, 0) is 4.79 Å². The molecule has 164 valence electrons. The fraction of sp³-hybridized carbons (Fsp3) is 0.600. The number of likely N-dealkylation sites (N-methyl/N-ethyl adjacent to an activating group) is 1. The Morgan fingerprint density at radius 3 is 2.38 bits per heavy atom. The van der Waals surface area contributed by atoms with Crippen LogP contribution in [0, 0.1) is 11.7 Å². The maximum atomic E-state index is 13.2. The Morgan fingerprint density at radius 1 is 1.24 bits per heavy atom. The molecule has 2 amide bonds. The number of alkyl halides is 2. The van der Waals surface area contributed by atoms with Crippen LogP contribution in [0.2, 0.25) is 0 Å². The fourth-order valence-corrected chi connectivity index (χ4v) is 2.49. The molecule has 1 aliphatic carbocycles. The van der Waals surface area contributed by atoms with Crippen molar-refractivity contribution in [3.8, 4) is 5.75 Å². The summed E-state index contributed by atoms with van der Waals surface area (Å²) in [6.45, 7) is 3.70. The number of carbonyl (C=O) groups excluding carboxylic acids is 2. The topological polar surface area (TPSA) is 79.5 Å². The minimum Gasteiger partial charge on any atom is -0.432 e. The van der Waals surface area contributed by atoms with E-state index in [1.807, 2.05) is 20.8 Å². The first-order chi connectivity index (χ1) is 13.5. The molecule has 2 rings (SSSR count). The maximum absolute atomic E-state index is 13.2. The van der Waals surface area contributed by atoms with Gasteiger partial charge in [0.2, 0.25) is 5.91 Å². The van der Waals surface area contributed by atoms with Crippen molar-refractivity contribution in [3.63, 3.8) is 0 Å². The molecule has 0 spiro atoms.